The van der Waals surface area contributed by atoms with Gasteiger partial charge in [0.05, 0.1) is 11.3 Å². The first-order valence-corrected chi connectivity index (χ1v) is 8.79. The van der Waals surface area contributed by atoms with Crippen LogP contribution in [0.25, 0.3) is 21.9 Å². The lowest BCUT2D eigenvalue weighted by molar-refractivity contribution is -0.118. The van der Waals surface area contributed by atoms with Crippen molar-refractivity contribution in [3.8, 4) is 0 Å². The highest BCUT2D eigenvalue weighted by molar-refractivity contribution is 8.00. The van der Waals surface area contributed by atoms with E-state index in [1.165, 1.54) is 17.3 Å². The molecule has 0 saturated heterocycles. The van der Waals surface area contributed by atoms with E-state index in [4.69, 9.17) is 4.74 Å². The van der Waals surface area contributed by atoms with Gasteiger partial charge in [0, 0.05) is 31.2 Å². The third-order valence-corrected chi connectivity index (χ3v) is 4.68. The van der Waals surface area contributed by atoms with Crippen LogP contribution in [0.1, 0.15) is 12.0 Å². The summed E-state index contributed by atoms with van der Waals surface area (Å²) >= 11 is 1.42. The third-order valence-electron chi connectivity index (χ3n) is 3.69. The second kappa shape index (κ2) is 7.63. The van der Waals surface area contributed by atoms with E-state index in [1.54, 1.807) is 13.4 Å². The predicted molar refractivity (Wildman–Crippen MR) is 96.4 cm³/mol. The monoisotopic (exact) mass is 344 g/mol. The Hall–Kier alpha value is -2.12. The molecule has 1 aromatic carbocycles. The molecule has 0 fully saturated rings. The minimum atomic E-state index is -0.00480. The number of ether oxygens (including phenoxy) is 1. The molecule has 0 saturated carbocycles. The van der Waals surface area contributed by atoms with Crippen molar-refractivity contribution >= 4 is 39.6 Å². The maximum atomic E-state index is 11.9. The van der Waals surface area contributed by atoms with E-state index in [-0.39, 0.29) is 5.91 Å². The molecule has 126 valence electrons. The number of rotatable bonds is 7. The second-order valence-electron chi connectivity index (χ2n) is 5.56. The van der Waals surface area contributed by atoms with E-state index in [2.05, 4.69) is 39.3 Å². The first-order chi connectivity index (χ1) is 11.7. The van der Waals surface area contributed by atoms with Crippen molar-refractivity contribution in [3.63, 3.8) is 0 Å². The number of H-pyrrole nitrogens is 1. The summed E-state index contributed by atoms with van der Waals surface area (Å²) in [5.74, 6) is 0.322. The summed E-state index contributed by atoms with van der Waals surface area (Å²) in [5.41, 5.74) is 4.00. The van der Waals surface area contributed by atoms with Crippen LogP contribution >= 0.6 is 11.8 Å². The number of hydrogen-bond acceptors (Lipinski definition) is 5. The van der Waals surface area contributed by atoms with E-state index >= 15 is 0 Å². The van der Waals surface area contributed by atoms with Crippen LogP contribution in [-0.2, 0) is 9.53 Å². The summed E-state index contributed by atoms with van der Waals surface area (Å²) in [7, 11) is 1.65. The van der Waals surface area contributed by atoms with Crippen molar-refractivity contribution in [3.05, 3.63) is 30.1 Å². The maximum absolute atomic E-state index is 11.9. The van der Waals surface area contributed by atoms with Crippen LogP contribution in [0, 0.1) is 6.92 Å². The molecular formula is C17H20N4O2S. The fourth-order valence-corrected chi connectivity index (χ4v) is 3.31. The number of benzene rings is 1. The molecule has 0 radical (unpaired) electrons. The molecule has 0 aliphatic carbocycles. The Kier molecular flexibility index (Phi) is 5.32. The van der Waals surface area contributed by atoms with Crippen molar-refractivity contribution < 1.29 is 9.53 Å². The Morgan fingerprint density at radius 2 is 2.25 bits per heavy atom. The van der Waals surface area contributed by atoms with Crippen LogP contribution in [0.3, 0.4) is 0 Å². The molecule has 24 heavy (non-hydrogen) atoms. The number of aryl methyl sites for hydroxylation is 1. The molecule has 0 spiro atoms. The lowest BCUT2D eigenvalue weighted by atomic mass is 10.2. The van der Waals surface area contributed by atoms with Crippen molar-refractivity contribution in [2.45, 2.75) is 18.4 Å². The van der Waals surface area contributed by atoms with Crippen molar-refractivity contribution in [2.75, 3.05) is 26.0 Å². The van der Waals surface area contributed by atoms with Gasteiger partial charge >= 0.3 is 0 Å². The molecule has 0 bridgehead atoms. The molecule has 2 aromatic heterocycles. The largest absolute Gasteiger partial charge is 0.385 e. The van der Waals surface area contributed by atoms with Gasteiger partial charge < -0.3 is 15.0 Å². The van der Waals surface area contributed by atoms with Gasteiger partial charge in [-0.2, -0.15) is 0 Å². The number of thioether (sulfide) groups is 1. The Balaban J connectivity index is 1.73. The first-order valence-electron chi connectivity index (χ1n) is 7.80. The van der Waals surface area contributed by atoms with Gasteiger partial charge in [0.15, 0.2) is 0 Å². The van der Waals surface area contributed by atoms with E-state index in [0.29, 0.717) is 18.9 Å². The van der Waals surface area contributed by atoms with Crippen LogP contribution in [0.5, 0.6) is 0 Å². The topological polar surface area (TPSA) is 79.9 Å². The average molecular weight is 344 g/mol. The Morgan fingerprint density at radius 1 is 1.38 bits per heavy atom. The van der Waals surface area contributed by atoms with Gasteiger partial charge in [0.2, 0.25) is 5.91 Å². The number of nitrogens with zero attached hydrogens (tertiary/aromatic N) is 2. The molecule has 2 heterocycles. The Morgan fingerprint density at radius 3 is 3.08 bits per heavy atom. The van der Waals surface area contributed by atoms with Crippen molar-refractivity contribution in [1.29, 1.82) is 0 Å². The van der Waals surface area contributed by atoms with Crippen LogP contribution in [0.2, 0.25) is 0 Å². The molecule has 0 aliphatic rings. The highest BCUT2D eigenvalue weighted by atomic mass is 32.2. The van der Waals surface area contributed by atoms with Crippen LogP contribution in [-0.4, -0.2) is 46.9 Å². The molecule has 0 aliphatic heterocycles. The summed E-state index contributed by atoms with van der Waals surface area (Å²) in [6, 6.07) is 6.22. The normalized spacial score (nSPS) is 11.2. The summed E-state index contributed by atoms with van der Waals surface area (Å²) in [5, 5.41) is 4.75. The van der Waals surface area contributed by atoms with Gasteiger partial charge in [-0.05, 0) is 25.5 Å². The minimum absolute atomic E-state index is 0.00480. The molecule has 3 aromatic rings. The number of carbonyl (C=O) groups excluding carboxylic acids is 1. The fraction of sp³-hybridized carbons (Fsp3) is 0.353. The van der Waals surface area contributed by atoms with Gasteiger partial charge in [-0.15, -0.1) is 0 Å². The Labute approximate surface area is 144 Å². The highest BCUT2D eigenvalue weighted by Gasteiger charge is 2.12. The van der Waals surface area contributed by atoms with Crippen LogP contribution in [0.15, 0.2) is 29.6 Å². The predicted octanol–water partition coefficient (Wildman–Crippen LogP) is 2.66. The minimum Gasteiger partial charge on any atom is -0.385 e. The smallest absolute Gasteiger partial charge is 0.230 e. The molecule has 2 N–H and O–H groups in total. The number of nitrogens with one attached hydrogen (secondary N) is 2. The zero-order valence-electron chi connectivity index (χ0n) is 13.8. The molecule has 3 rings (SSSR count). The summed E-state index contributed by atoms with van der Waals surface area (Å²) in [6.45, 7) is 3.33. The first kappa shape index (κ1) is 16.7. The number of hydrogen-bond donors (Lipinski definition) is 2. The lowest BCUT2D eigenvalue weighted by Crippen LogP contribution is -2.26. The van der Waals surface area contributed by atoms with E-state index in [0.717, 1.165) is 33.4 Å². The summed E-state index contributed by atoms with van der Waals surface area (Å²) < 4.78 is 4.96. The molecule has 1 amide bonds. The average Bonchev–Trinajstić information content (AvgIpc) is 2.95. The second-order valence-corrected chi connectivity index (χ2v) is 6.53. The van der Waals surface area contributed by atoms with Gasteiger partial charge in [-0.25, -0.2) is 9.97 Å². The van der Waals surface area contributed by atoms with Crippen molar-refractivity contribution in [1.82, 2.24) is 20.3 Å². The van der Waals surface area contributed by atoms with Crippen LogP contribution in [0.4, 0.5) is 0 Å². The molecule has 0 atom stereocenters. The standard InChI is InChI=1S/C17H20N4O2S/c1-11-4-5-13-12(8-11)15-16(21-13)17(20-10-19-15)24-9-14(22)18-6-3-7-23-2/h4-5,8,10,21H,3,6-7,9H2,1-2H3,(H,18,22). The quantitative estimate of drug-likeness (QED) is 0.391. The summed E-state index contributed by atoms with van der Waals surface area (Å²) in [6.07, 6.45) is 2.36. The van der Waals surface area contributed by atoms with Crippen molar-refractivity contribution in [2.24, 2.45) is 0 Å². The number of carbonyl (C=O) groups is 1. The maximum Gasteiger partial charge on any atom is 0.230 e. The van der Waals surface area contributed by atoms with Gasteiger partial charge in [0.25, 0.3) is 0 Å². The summed E-state index contributed by atoms with van der Waals surface area (Å²) in [4.78, 5) is 24.0. The van der Waals surface area contributed by atoms with E-state index < -0.39 is 0 Å². The fourth-order valence-electron chi connectivity index (χ4n) is 2.52. The molecule has 6 nitrogen and oxygen atoms in total. The van der Waals surface area contributed by atoms with Gasteiger partial charge in [-0.3, -0.25) is 4.79 Å². The zero-order chi connectivity index (χ0) is 16.9. The third kappa shape index (κ3) is 3.68. The number of aromatic amines is 1. The van der Waals surface area contributed by atoms with E-state index in [1.807, 2.05) is 6.07 Å². The highest BCUT2D eigenvalue weighted by Crippen LogP contribution is 2.29. The van der Waals surface area contributed by atoms with Crippen LogP contribution < -0.4 is 5.32 Å². The molecule has 7 heteroatoms. The number of methoxy groups -OCH3 is 1. The number of amides is 1. The number of fused-ring (bicyclic) bond motifs is 3. The molecule has 0 unspecified atom stereocenters. The zero-order valence-corrected chi connectivity index (χ0v) is 14.6. The number of aromatic nitrogens is 3. The van der Waals surface area contributed by atoms with E-state index in [9.17, 15) is 4.79 Å². The Bertz CT molecular complexity index is 862. The molecular weight excluding hydrogens is 324 g/mol. The van der Waals surface area contributed by atoms with Gasteiger partial charge in [0.1, 0.15) is 16.9 Å². The van der Waals surface area contributed by atoms with Gasteiger partial charge in [-0.1, -0.05) is 23.4 Å². The SMILES string of the molecule is COCCCNC(=O)CSc1ncnc2c1[nH]c1ccc(C)cc12. The lowest BCUT2D eigenvalue weighted by Gasteiger charge is -2.05.